The maximum Gasteiger partial charge on any atom is 0.522 e. The number of ether oxygens (including phenoxy) is 5. The maximum atomic E-state index is 12.6. The van der Waals surface area contributed by atoms with E-state index >= 15 is 0 Å². The molecule has 10 heteroatoms. The SMILES string of the molecule is Cc1c2n(c(OC[C@@H]3COCCO3)cc1=O)CCc1cc(OCCOC(F)(F)F)ccc1-2. The van der Waals surface area contributed by atoms with E-state index in [1.54, 1.807) is 19.1 Å². The number of aryl methyl sites for hydroxylation is 1. The van der Waals surface area contributed by atoms with Gasteiger partial charge in [0, 0.05) is 23.7 Å². The fourth-order valence-electron chi connectivity index (χ4n) is 3.87. The van der Waals surface area contributed by atoms with Gasteiger partial charge in [-0.2, -0.15) is 0 Å². The first kappa shape index (κ1) is 22.6. The Morgan fingerprint density at radius 3 is 2.75 bits per heavy atom. The molecule has 32 heavy (non-hydrogen) atoms. The summed E-state index contributed by atoms with van der Waals surface area (Å²) in [5.74, 6) is 0.921. The normalized spacial score (nSPS) is 18.1. The van der Waals surface area contributed by atoms with Gasteiger partial charge in [-0.15, -0.1) is 13.2 Å². The highest BCUT2D eigenvalue weighted by Crippen LogP contribution is 2.35. The molecule has 3 heterocycles. The Balaban J connectivity index is 1.52. The van der Waals surface area contributed by atoms with Gasteiger partial charge in [-0.05, 0) is 37.1 Å². The van der Waals surface area contributed by atoms with Crippen LogP contribution in [0.25, 0.3) is 11.3 Å². The Bertz CT molecular complexity index is 1010. The lowest BCUT2D eigenvalue weighted by atomic mass is 9.94. The third-order valence-electron chi connectivity index (χ3n) is 5.37. The van der Waals surface area contributed by atoms with Gasteiger partial charge in [-0.3, -0.25) is 9.53 Å². The minimum absolute atomic E-state index is 0.135. The average molecular weight is 455 g/mol. The van der Waals surface area contributed by atoms with Crippen molar-refractivity contribution in [2.24, 2.45) is 0 Å². The van der Waals surface area contributed by atoms with Gasteiger partial charge in [0.2, 0.25) is 0 Å². The summed E-state index contributed by atoms with van der Waals surface area (Å²) in [5.41, 5.74) is 3.05. The van der Waals surface area contributed by atoms with Crippen molar-refractivity contribution in [3.05, 3.63) is 45.6 Å². The van der Waals surface area contributed by atoms with Gasteiger partial charge in [0.25, 0.3) is 0 Å². The highest BCUT2D eigenvalue weighted by Gasteiger charge is 2.29. The van der Waals surface area contributed by atoms with E-state index in [9.17, 15) is 18.0 Å². The van der Waals surface area contributed by atoms with Crippen molar-refractivity contribution < 1.29 is 36.9 Å². The molecule has 0 aliphatic carbocycles. The molecule has 2 aliphatic heterocycles. The van der Waals surface area contributed by atoms with Gasteiger partial charge in [0.1, 0.15) is 25.1 Å². The number of alkyl halides is 3. The molecule has 174 valence electrons. The van der Waals surface area contributed by atoms with Crippen LogP contribution in [0, 0.1) is 6.92 Å². The number of halogens is 3. The summed E-state index contributed by atoms with van der Waals surface area (Å²) in [5, 5.41) is 0. The predicted octanol–water partition coefficient (Wildman–Crippen LogP) is 3.09. The van der Waals surface area contributed by atoms with Crippen LogP contribution in [0.5, 0.6) is 11.6 Å². The van der Waals surface area contributed by atoms with Crippen molar-refractivity contribution >= 4 is 0 Å². The number of hydrogen-bond donors (Lipinski definition) is 0. The van der Waals surface area contributed by atoms with Gasteiger partial charge >= 0.3 is 6.36 Å². The van der Waals surface area contributed by atoms with E-state index in [1.807, 2.05) is 10.6 Å². The Labute approximate surface area is 182 Å². The molecule has 0 saturated carbocycles. The van der Waals surface area contributed by atoms with Crippen molar-refractivity contribution in [2.45, 2.75) is 32.4 Å². The Hall–Kier alpha value is -2.56. The second-order valence-electron chi connectivity index (χ2n) is 7.56. The third kappa shape index (κ3) is 5.25. The predicted molar refractivity (Wildman–Crippen MR) is 108 cm³/mol. The van der Waals surface area contributed by atoms with E-state index < -0.39 is 13.0 Å². The minimum atomic E-state index is -4.68. The second kappa shape index (κ2) is 9.51. The summed E-state index contributed by atoms with van der Waals surface area (Å²) in [6.07, 6.45) is -4.21. The number of pyridine rings is 1. The molecule has 0 amide bonds. The molecule has 1 aromatic heterocycles. The van der Waals surface area contributed by atoms with Crippen molar-refractivity contribution in [2.75, 3.05) is 39.6 Å². The minimum Gasteiger partial charge on any atom is -0.491 e. The lowest BCUT2D eigenvalue weighted by Crippen LogP contribution is -2.34. The van der Waals surface area contributed by atoms with E-state index in [1.165, 1.54) is 6.07 Å². The molecule has 4 rings (SSSR count). The largest absolute Gasteiger partial charge is 0.522 e. The molecule has 0 unspecified atom stereocenters. The standard InChI is InChI=1S/C22H24F3NO6/c1-14-19(27)11-20(31-13-17-12-28-6-7-30-17)26-5-4-15-10-16(2-3-18(15)21(14)26)29-8-9-32-22(23,24)25/h2-3,10-11,17H,4-9,12-13H2,1H3/t17-/m0/s1. The monoisotopic (exact) mass is 455 g/mol. The molecule has 0 N–H and O–H groups in total. The fourth-order valence-corrected chi connectivity index (χ4v) is 3.87. The van der Waals surface area contributed by atoms with E-state index in [0.29, 0.717) is 50.0 Å². The molecule has 0 spiro atoms. The van der Waals surface area contributed by atoms with Crippen LogP contribution in [0.4, 0.5) is 13.2 Å². The quantitative estimate of drug-likeness (QED) is 0.598. The Morgan fingerprint density at radius 2 is 2.00 bits per heavy atom. The van der Waals surface area contributed by atoms with Gasteiger partial charge in [-0.25, -0.2) is 0 Å². The molecule has 7 nitrogen and oxygen atoms in total. The van der Waals surface area contributed by atoms with Crippen LogP contribution in [-0.2, 0) is 27.2 Å². The van der Waals surface area contributed by atoms with Crippen LogP contribution >= 0.6 is 0 Å². The number of hydrogen-bond acceptors (Lipinski definition) is 6. The molecule has 0 radical (unpaired) electrons. The topological polar surface area (TPSA) is 68.2 Å². The van der Waals surface area contributed by atoms with E-state index in [-0.39, 0.29) is 24.7 Å². The maximum absolute atomic E-state index is 12.6. The van der Waals surface area contributed by atoms with Crippen LogP contribution in [0.15, 0.2) is 29.1 Å². The molecule has 1 atom stereocenters. The average Bonchev–Trinajstić information content (AvgIpc) is 2.77. The first-order valence-electron chi connectivity index (χ1n) is 10.4. The zero-order chi connectivity index (χ0) is 22.7. The highest BCUT2D eigenvalue weighted by atomic mass is 19.4. The first-order valence-corrected chi connectivity index (χ1v) is 10.4. The number of fused-ring (bicyclic) bond motifs is 3. The van der Waals surface area contributed by atoms with Crippen molar-refractivity contribution in [1.82, 2.24) is 4.57 Å². The zero-order valence-corrected chi connectivity index (χ0v) is 17.6. The Kier molecular flexibility index (Phi) is 6.73. The number of nitrogens with zero attached hydrogens (tertiary/aromatic N) is 1. The Morgan fingerprint density at radius 1 is 1.16 bits per heavy atom. The number of rotatable bonds is 7. The van der Waals surface area contributed by atoms with Crippen molar-refractivity contribution in [3.63, 3.8) is 0 Å². The summed E-state index contributed by atoms with van der Waals surface area (Å²) < 4.78 is 64.3. The van der Waals surface area contributed by atoms with Crippen LogP contribution in [-0.4, -0.2) is 56.7 Å². The fraction of sp³-hybridized carbons (Fsp3) is 0.500. The molecule has 1 aromatic carbocycles. The first-order chi connectivity index (χ1) is 15.3. The lowest BCUT2D eigenvalue weighted by molar-refractivity contribution is -0.325. The van der Waals surface area contributed by atoms with E-state index in [2.05, 4.69) is 4.74 Å². The van der Waals surface area contributed by atoms with Crippen molar-refractivity contribution in [3.8, 4) is 22.9 Å². The summed E-state index contributed by atoms with van der Waals surface area (Å²) in [4.78, 5) is 12.6. The van der Waals surface area contributed by atoms with E-state index in [4.69, 9.17) is 18.9 Å². The lowest BCUT2D eigenvalue weighted by Gasteiger charge is -2.28. The second-order valence-corrected chi connectivity index (χ2v) is 7.56. The van der Waals surface area contributed by atoms with Crippen LogP contribution in [0.3, 0.4) is 0 Å². The smallest absolute Gasteiger partial charge is 0.491 e. The van der Waals surface area contributed by atoms with Gasteiger partial charge in [0.05, 0.1) is 32.1 Å². The third-order valence-corrected chi connectivity index (χ3v) is 5.37. The molecule has 0 bridgehead atoms. The molecular weight excluding hydrogens is 431 g/mol. The summed E-state index contributed by atoms with van der Waals surface area (Å²) in [6, 6.07) is 6.77. The highest BCUT2D eigenvalue weighted by molar-refractivity contribution is 5.70. The molecule has 1 fully saturated rings. The number of benzene rings is 1. The summed E-state index contributed by atoms with van der Waals surface area (Å²) in [7, 11) is 0. The molecule has 1 saturated heterocycles. The van der Waals surface area contributed by atoms with Crippen LogP contribution in [0.2, 0.25) is 0 Å². The zero-order valence-electron chi connectivity index (χ0n) is 17.6. The number of aromatic nitrogens is 1. The summed E-state index contributed by atoms with van der Waals surface area (Å²) >= 11 is 0. The summed E-state index contributed by atoms with van der Waals surface area (Å²) in [6.45, 7) is 3.34. The molecule has 2 aliphatic rings. The van der Waals surface area contributed by atoms with Gasteiger partial charge < -0.3 is 23.5 Å². The molecule has 2 aromatic rings. The van der Waals surface area contributed by atoms with Crippen LogP contribution < -0.4 is 14.9 Å². The van der Waals surface area contributed by atoms with Crippen LogP contribution in [0.1, 0.15) is 11.1 Å². The van der Waals surface area contributed by atoms with Gasteiger partial charge in [0.15, 0.2) is 11.3 Å². The van der Waals surface area contributed by atoms with E-state index in [0.717, 1.165) is 16.8 Å². The molecular formula is C22H24F3NO6. The van der Waals surface area contributed by atoms with Crippen molar-refractivity contribution in [1.29, 1.82) is 0 Å². The van der Waals surface area contributed by atoms with Gasteiger partial charge in [-0.1, -0.05) is 0 Å².